The number of aliphatic hydroxyl groups excluding tert-OH is 1. The lowest BCUT2D eigenvalue weighted by Gasteiger charge is -2.27. The van der Waals surface area contributed by atoms with Crippen molar-refractivity contribution < 1.29 is 19.0 Å². The first-order chi connectivity index (χ1) is 15.1. The number of halogens is 1. The van der Waals surface area contributed by atoms with Gasteiger partial charge in [0, 0.05) is 11.3 Å². The van der Waals surface area contributed by atoms with Gasteiger partial charge in [-0.25, -0.2) is 4.39 Å². The van der Waals surface area contributed by atoms with Gasteiger partial charge < -0.3 is 9.84 Å². The maximum atomic E-state index is 13.6. The number of allylic oxidation sites excluding steroid dienone is 1. The zero-order valence-electron chi connectivity index (χ0n) is 17.0. The topological polar surface area (TPSA) is 49.8 Å². The molecular formula is C26H22FNO3. The number of methoxy groups -OCH3 is 1. The lowest BCUT2D eigenvalue weighted by Crippen LogP contribution is -2.30. The van der Waals surface area contributed by atoms with Crippen LogP contribution in [0.25, 0.3) is 6.08 Å². The highest BCUT2D eigenvalue weighted by Crippen LogP contribution is 2.42. The molecule has 0 saturated heterocycles. The van der Waals surface area contributed by atoms with Crippen LogP contribution >= 0.6 is 0 Å². The van der Waals surface area contributed by atoms with Crippen LogP contribution in [0.5, 0.6) is 5.75 Å². The Kier molecular flexibility index (Phi) is 5.85. The Hall–Kier alpha value is -3.86. The normalized spacial score (nSPS) is 16.4. The molecule has 1 amide bonds. The fourth-order valence-corrected chi connectivity index (χ4v) is 3.75. The average molecular weight is 415 g/mol. The van der Waals surface area contributed by atoms with E-state index in [1.807, 2.05) is 42.5 Å². The minimum absolute atomic E-state index is 0.275. The molecule has 3 aromatic carbocycles. The number of anilines is 1. The zero-order chi connectivity index (χ0) is 21.8. The maximum absolute atomic E-state index is 13.6. The molecule has 31 heavy (non-hydrogen) atoms. The number of rotatable bonds is 6. The monoisotopic (exact) mass is 415 g/mol. The van der Waals surface area contributed by atoms with E-state index in [1.165, 1.54) is 17.0 Å². The Morgan fingerprint density at radius 2 is 1.68 bits per heavy atom. The van der Waals surface area contributed by atoms with Gasteiger partial charge in [0.2, 0.25) is 0 Å². The van der Waals surface area contributed by atoms with Crippen molar-refractivity contribution in [3.63, 3.8) is 0 Å². The van der Waals surface area contributed by atoms with Crippen molar-refractivity contribution in [2.45, 2.75) is 12.5 Å². The lowest BCUT2D eigenvalue weighted by atomic mass is 9.96. The fraction of sp³-hybridized carbons (Fsp3) is 0.115. The maximum Gasteiger partial charge on any atom is 0.293 e. The molecule has 0 bridgehead atoms. The van der Waals surface area contributed by atoms with Crippen LogP contribution in [-0.2, 0) is 4.79 Å². The van der Waals surface area contributed by atoms with E-state index in [2.05, 4.69) is 0 Å². The molecule has 1 atom stereocenters. The molecule has 0 spiro atoms. The van der Waals surface area contributed by atoms with Gasteiger partial charge >= 0.3 is 0 Å². The zero-order valence-corrected chi connectivity index (χ0v) is 17.0. The Labute approximate surface area is 180 Å². The van der Waals surface area contributed by atoms with E-state index in [-0.39, 0.29) is 11.6 Å². The number of hydrogen-bond donors (Lipinski definition) is 1. The number of amides is 1. The quantitative estimate of drug-likeness (QED) is 0.550. The Morgan fingerprint density at radius 3 is 2.32 bits per heavy atom. The fourth-order valence-electron chi connectivity index (χ4n) is 3.75. The highest BCUT2D eigenvalue weighted by molar-refractivity contribution is 6.08. The van der Waals surface area contributed by atoms with E-state index in [0.717, 1.165) is 11.1 Å². The van der Waals surface area contributed by atoms with Crippen molar-refractivity contribution in [3.8, 4) is 5.75 Å². The van der Waals surface area contributed by atoms with Crippen LogP contribution in [0.2, 0.25) is 0 Å². The van der Waals surface area contributed by atoms with Gasteiger partial charge in [-0.2, -0.15) is 0 Å². The molecule has 1 heterocycles. The van der Waals surface area contributed by atoms with Gasteiger partial charge in [-0.05, 0) is 53.9 Å². The molecule has 1 aliphatic rings. The molecule has 0 fully saturated rings. The van der Waals surface area contributed by atoms with Crippen LogP contribution in [0.15, 0.2) is 96.3 Å². The first kappa shape index (κ1) is 20.4. The molecule has 0 aromatic heterocycles. The van der Waals surface area contributed by atoms with E-state index in [1.54, 1.807) is 43.5 Å². The molecule has 0 aliphatic carbocycles. The number of aliphatic hydroxyl groups is 1. The number of benzene rings is 3. The first-order valence-corrected chi connectivity index (χ1v) is 9.95. The van der Waals surface area contributed by atoms with Crippen molar-refractivity contribution in [1.82, 2.24) is 0 Å². The lowest BCUT2D eigenvalue weighted by molar-refractivity contribution is -0.117. The predicted octanol–water partition coefficient (Wildman–Crippen LogP) is 5.84. The summed E-state index contributed by atoms with van der Waals surface area (Å²) < 4.78 is 18.8. The number of ether oxygens (including phenoxy) is 1. The van der Waals surface area contributed by atoms with Crippen LogP contribution in [0, 0.1) is 5.82 Å². The first-order valence-electron chi connectivity index (χ1n) is 9.95. The van der Waals surface area contributed by atoms with E-state index >= 15 is 0 Å². The van der Waals surface area contributed by atoms with Crippen molar-refractivity contribution >= 4 is 17.7 Å². The SMILES string of the molecule is COc1ccc(N2C(=O)C(O)=C(C/C=C/c3ccccc3)C2c2ccc(F)cc2)cc1. The summed E-state index contributed by atoms with van der Waals surface area (Å²) in [7, 11) is 1.57. The molecule has 4 nitrogen and oxygen atoms in total. The molecule has 3 aromatic rings. The van der Waals surface area contributed by atoms with Crippen LogP contribution in [0.1, 0.15) is 23.6 Å². The van der Waals surface area contributed by atoms with Gasteiger partial charge in [0.1, 0.15) is 11.6 Å². The van der Waals surface area contributed by atoms with Crippen LogP contribution in [-0.4, -0.2) is 18.1 Å². The van der Waals surface area contributed by atoms with Crippen molar-refractivity contribution in [2.24, 2.45) is 0 Å². The molecule has 1 unspecified atom stereocenters. The Morgan fingerprint density at radius 1 is 1.00 bits per heavy atom. The predicted molar refractivity (Wildman–Crippen MR) is 119 cm³/mol. The molecule has 5 heteroatoms. The van der Waals surface area contributed by atoms with Crippen molar-refractivity contribution in [1.29, 1.82) is 0 Å². The summed E-state index contributed by atoms with van der Waals surface area (Å²) in [5, 5.41) is 10.7. The van der Waals surface area contributed by atoms with E-state index < -0.39 is 11.9 Å². The summed E-state index contributed by atoms with van der Waals surface area (Å²) in [6, 6.07) is 22.3. The van der Waals surface area contributed by atoms with Gasteiger partial charge in [-0.15, -0.1) is 0 Å². The third-order valence-electron chi connectivity index (χ3n) is 5.30. The minimum atomic E-state index is -0.540. The average Bonchev–Trinajstić information content (AvgIpc) is 3.05. The summed E-state index contributed by atoms with van der Waals surface area (Å²) >= 11 is 0. The third kappa shape index (κ3) is 4.21. The van der Waals surface area contributed by atoms with Crippen molar-refractivity contribution in [2.75, 3.05) is 12.0 Å². The van der Waals surface area contributed by atoms with Crippen LogP contribution in [0.3, 0.4) is 0 Å². The van der Waals surface area contributed by atoms with Gasteiger partial charge in [-0.1, -0.05) is 54.6 Å². The smallest absolute Gasteiger partial charge is 0.293 e. The number of hydrogen-bond acceptors (Lipinski definition) is 3. The molecule has 156 valence electrons. The van der Waals surface area contributed by atoms with Crippen molar-refractivity contribution in [3.05, 3.63) is 113 Å². The number of carbonyl (C=O) groups is 1. The van der Waals surface area contributed by atoms with Crippen LogP contribution in [0.4, 0.5) is 10.1 Å². The summed E-state index contributed by atoms with van der Waals surface area (Å²) in [5.41, 5.74) is 2.93. The Balaban J connectivity index is 1.71. The largest absolute Gasteiger partial charge is 0.503 e. The van der Waals surface area contributed by atoms with E-state index in [9.17, 15) is 14.3 Å². The molecule has 1 N–H and O–H groups in total. The summed E-state index contributed by atoms with van der Waals surface area (Å²) in [6.45, 7) is 0. The molecule has 1 aliphatic heterocycles. The van der Waals surface area contributed by atoms with E-state index in [4.69, 9.17) is 4.74 Å². The summed E-state index contributed by atoms with van der Waals surface area (Å²) in [4.78, 5) is 14.6. The van der Waals surface area contributed by atoms with Gasteiger partial charge in [-0.3, -0.25) is 9.69 Å². The van der Waals surface area contributed by atoms with Gasteiger partial charge in [0.15, 0.2) is 5.76 Å². The Bertz CT molecular complexity index is 1120. The summed E-state index contributed by atoms with van der Waals surface area (Å²) in [5.74, 6) is -0.454. The van der Waals surface area contributed by atoms with Crippen LogP contribution < -0.4 is 9.64 Å². The second-order valence-corrected chi connectivity index (χ2v) is 7.22. The molecule has 0 saturated carbocycles. The number of carbonyl (C=O) groups excluding carboxylic acids is 1. The standard InChI is InChI=1S/C26H22FNO3/c1-31-22-16-14-21(15-17-22)28-24(19-10-12-20(27)13-11-19)23(25(29)26(28)30)9-5-8-18-6-3-2-4-7-18/h2-8,10-17,24,29H,9H2,1H3/b8-5+. The van der Waals surface area contributed by atoms with E-state index in [0.29, 0.717) is 23.4 Å². The van der Waals surface area contributed by atoms with Gasteiger partial charge in [0.25, 0.3) is 5.91 Å². The second kappa shape index (κ2) is 8.88. The molecular weight excluding hydrogens is 393 g/mol. The number of nitrogens with zero attached hydrogens (tertiary/aromatic N) is 1. The second-order valence-electron chi connectivity index (χ2n) is 7.22. The molecule has 4 rings (SSSR count). The third-order valence-corrected chi connectivity index (χ3v) is 5.30. The summed E-state index contributed by atoms with van der Waals surface area (Å²) in [6.07, 6.45) is 4.24. The van der Waals surface area contributed by atoms with Gasteiger partial charge in [0.05, 0.1) is 13.2 Å². The molecule has 0 radical (unpaired) electrons. The highest BCUT2D eigenvalue weighted by atomic mass is 19.1. The highest BCUT2D eigenvalue weighted by Gasteiger charge is 2.40. The minimum Gasteiger partial charge on any atom is -0.503 e.